The Morgan fingerprint density at radius 1 is 1.40 bits per heavy atom. The van der Waals surface area contributed by atoms with Gasteiger partial charge in [0.25, 0.3) is 0 Å². The molecule has 9 heteroatoms. The van der Waals surface area contributed by atoms with Crippen LogP contribution in [0.4, 0.5) is 5.69 Å². The van der Waals surface area contributed by atoms with Gasteiger partial charge in [-0.2, -0.15) is 5.26 Å². The number of hydrogen-bond donors (Lipinski definition) is 1. The van der Waals surface area contributed by atoms with Crippen LogP contribution in [0.1, 0.15) is 43.7 Å². The zero-order valence-corrected chi connectivity index (χ0v) is 15.1. The summed E-state index contributed by atoms with van der Waals surface area (Å²) in [6, 6.07) is 7.10. The van der Waals surface area contributed by atoms with Gasteiger partial charge in [-0.05, 0) is 41.5 Å². The van der Waals surface area contributed by atoms with Crippen molar-refractivity contribution in [2.24, 2.45) is 0 Å². The molecule has 25 heavy (non-hydrogen) atoms. The highest BCUT2D eigenvalue weighted by Gasteiger charge is 2.21. The van der Waals surface area contributed by atoms with E-state index in [4.69, 9.17) is 16.9 Å². The predicted octanol–water partition coefficient (Wildman–Crippen LogP) is 3.43. The molecule has 0 unspecified atom stereocenters. The quantitative estimate of drug-likeness (QED) is 0.803. The predicted molar refractivity (Wildman–Crippen MR) is 95.5 cm³/mol. The van der Waals surface area contributed by atoms with E-state index < -0.39 is 0 Å². The number of thioether (sulfide) groups is 1. The molecule has 0 saturated heterocycles. The summed E-state index contributed by atoms with van der Waals surface area (Å²) in [5, 5.41) is 24.8. The first-order valence-electron chi connectivity index (χ1n) is 8.07. The zero-order chi connectivity index (χ0) is 17.6. The molecule has 1 aromatic heterocycles. The number of anilines is 1. The van der Waals surface area contributed by atoms with Crippen LogP contribution in [0.5, 0.6) is 0 Å². The van der Waals surface area contributed by atoms with Crippen LogP contribution in [0.3, 0.4) is 0 Å². The van der Waals surface area contributed by atoms with Crippen LogP contribution in [-0.2, 0) is 4.79 Å². The van der Waals surface area contributed by atoms with Gasteiger partial charge in [-0.15, -0.1) is 5.10 Å². The molecule has 0 aliphatic heterocycles. The van der Waals surface area contributed by atoms with Gasteiger partial charge in [-0.25, -0.2) is 4.68 Å². The number of nitrogens with one attached hydrogen (secondary N) is 1. The Morgan fingerprint density at radius 2 is 2.20 bits per heavy atom. The maximum atomic E-state index is 12.2. The molecule has 1 heterocycles. The van der Waals surface area contributed by atoms with E-state index in [9.17, 15) is 4.79 Å². The number of tetrazole rings is 1. The number of halogens is 1. The molecule has 130 valence electrons. The number of rotatable bonds is 5. The smallest absolute Gasteiger partial charge is 0.234 e. The van der Waals surface area contributed by atoms with Gasteiger partial charge in [0.1, 0.15) is 6.07 Å². The highest BCUT2D eigenvalue weighted by molar-refractivity contribution is 7.99. The molecule has 1 fully saturated rings. The van der Waals surface area contributed by atoms with Gasteiger partial charge in [0.15, 0.2) is 0 Å². The van der Waals surface area contributed by atoms with Crippen molar-refractivity contribution in [2.45, 2.75) is 43.3 Å². The van der Waals surface area contributed by atoms with E-state index in [-0.39, 0.29) is 11.7 Å². The average molecular weight is 377 g/mol. The Labute approximate surface area is 154 Å². The fourth-order valence-electron chi connectivity index (χ4n) is 2.87. The van der Waals surface area contributed by atoms with E-state index in [1.54, 1.807) is 18.2 Å². The first kappa shape index (κ1) is 17.7. The summed E-state index contributed by atoms with van der Waals surface area (Å²) in [5.41, 5.74) is 0.780. The van der Waals surface area contributed by atoms with Gasteiger partial charge in [0.2, 0.25) is 11.1 Å². The van der Waals surface area contributed by atoms with Crippen LogP contribution >= 0.6 is 23.4 Å². The Kier molecular flexibility index (Phi) is 5.89. The summed E-state index contributed by atoms with van der Waals surface area (Å²) in [4.78, 5) is 12.2. The number of benzene rings is 1. The molecule has 7 nitrogen and oxygen atoms in total. The number of carbonyl (C=O) groups is 1. The second-order valence-corrected chi connectivity index (χ2v) is 7.22. The summed E-state index contributed by atoms with van der Waals surface area (Å²) in [5.74, 6) is -0.0771. The molecular weight excluding hydrogens is 360 g/mol. The summed E-state index contributed by atoms with van der Waals surface area (Å²) in [6.07, 6.45) is 5.75. The minimum absolute atomic E-state index is 0.157. The van der Waals surface area contributed by atoms with Gasteiger partial charge in [-0.1, -0.05) is 42.6 Å². The van der Waals surface area contributed by atoms with Gasteiger partial charge in [0, 0.05) is 5.02 Å². The number of nitrogens with zero attached hydrogens (tertiary/aromatic N) is 5. The van der Waals surface area contributed by atoms with Crippen LogP contribution in [-0.4, -0.2) is 31.9 Å². The molecule has 2 aromatic rings. The number of aromatic nitrogens is 4. The molecule has 1 aliphatic rings. The van der Waals surface area contributed by atoms with Gasteiger partial charge >= 0.3 is 0 Å². The van der Waals surface area contributed by atoms with Crippen molar-refractivity contribution >= 4 is 35.0 Å². The van der Waals surface area contributed by atoms with Gasteiger partial charge in [0.05, 0.1) is 23.0 Å². The van der Waals surface area contributed by atoms with Crippen LogP contribution in [0.2, 0.25) is 5.02 Å². The SMILES string of the molecule is N#Cc1ccc(Cl)cc1NC(=O)CSc1nnnn1C1CCCCC1. The van der Waals surface area contributed by atoms with E-state index >= 15 is 0 Å². The van der Waals surface area contributed by atoms with Crippen LogP contribution in [0, 0.1) is 11.3 Å². The van der Waals surface area contributed by atoms with Crippen molar-refractivity contribution in [1.82, 2.24) is 20.2 Å². The zero-order valence-electron chi connectivity index (χ0n) is 13.5. The van der Waals surface area contributed by atoms with E-state index in [1.807, 2.05) is 10.8 Å². The normalized spacial score (nSPS) is 14.9. The topological polar surface area (TPSA) is 96.5 Å². The van der Waals surface area contributed by atoms with Gasteiger partial charge < -0.3 is 5.32 Å². The monoisotopic (exact) mass is 376 g/mol. The molecule has 3 rings (SSSR count). The third kappa shape index (κ3) is 4.50. The lowest BCUT2D eigenvalue weighted by Gasteiger charge is -2.21. The third-order valence-corrected chi connectivity index (χ3v) is 5.26. The number of carbonyl (C=O) groups excluding carboxylic acids is 1. The minimum Gasteiger partial charge on any atom is -0.324 e. The molecule has 0 radical (unpaired) electrons. The lowest BCUT2D eigenvalue weighted by Crippen LogP contribution is -2.18. The average Bonchev–Trinajstić information content (AvgIpc) is 3.09. The standard InChI is InChI=1S/C16H17ClN6OS/c17-12-7-6-11(9-18)14(8-12)19-15(24)10-25-16-20-21-22-23(16)13-4-2-1-3-5-13/h6-8,13H,1-5,10H2,(H,19,24). The Balaban J connectivity index is 1.61. The summed E-state index contributed by atoms with van der Waals surface area (Å²) in [6.45, 7) is 0. The van der Waals surface area contributed by atoms with Crippen molar-refractivity contribution in [3.05, 3.63) is 28.8 Å². The first-order chi connectivity index (χ1) is 12.2. The maximum absolute atomic E-state index is 12.2. The van der Waals surface area contributed by atoms with Crippen molar-refractivity contribution < 1.29 is 4.79 Å². The molecule has 0 bridgehead atoms. The number of nitriles is 1. The number of hydrogen-bond acceptors (Lipinski definition) is 6. The molecule has 0 atom stereocenters. The van der Waals surface area contributed by atoms with E-state index in [2.05, 4.69) is 20.8 Å². The van der Waals surface area contributed by atoms with E-state index in [0.717, 1.165) is 12.8 Å². The Bertz CT molecular complexity index is 796. The molecule has 1 aliphatic carbocycles. The highest BCUT2D eigenvalue weighted by atomic mass is 35.5. The lowest BCUT2D eigenvalue weighted by atomic mass is 9.96. The molecule has 1 N–H and O–H groups in total. The summed E-state index contributed by atoms with van der Waals surface area (Å²) < 4.78 is 1.83. The second-order valence-electron chi connectivity index (χ2n) is 5.84. The van der Waals surface area contributed by atoms with Crippen molar-refractivity contribution in [3.8, 4) is 6.07 Å². The first-order valence-corrected chi connectivity index (χ1v) is 9.44. The van der Waals surface area contributed by atoms with Crippen molar-refractivity contribution in [1.29, 1.82) is 5.26 Å². The van der Waals surface area contributed by atoms with Crippen LogP contribution in [0.15, 0.2) is 23.4 Å². The van der Waals surface area contributed by atoms with Crippen LogP contribution < -0.4 is 5.32 Å². The fraction of sp³-hybridized carbons (Fsp3) is 0.438. The van der Waals surface area contributed by atoms with Gasteiger partial charge in [-0.3, -0.25) is 4.79 Å². The Hall–Kier alpha value is -2.11. The minimum atomic E-state index is -0.234. The van der Waals surface area contributed by atoms with Crippen molar-refractivity contribution in [2.75, 3.05) is 11.1 Å². The second kappa shape index (κ2) is 8.32. The molecule has 1 aromatic carbocycles. The van der Waals surface area contributed by atoms with Crippen molar-refractivity contribution in [3.63, 3.8) is 0 Å². The molecule has 1 amide bonds. The Morgan fingerprint density at radius 3 is 2.96 bits per heavy atom. The molecular formula is C16H17ClN6OS. The van der Waals surface area contributed by atoms with E-state index in [0.29, 0.717) is 27.5 Å². The fourth-order valence-corrected chi connectivity index (χ4v) is 3.79. The van der Waals surface area contributed by atoms with E-state index in [1.165, 1.54) is 31.0 Å². The summed E-state index contributed by atoms with van der Waals surface area (Å²) >= 11 is 7.22. The molecule has 1 saturated carbocycles. The third-order valence-electron chi connectivity index (χ3n) is 4.09. The molecule has 0 spiro atoms. The summed E-state index contributed by atoms with van der Waals surface area (Å²) in [7, 11) is 0. The lowest BCUT2D eigenvalue weighted by molar-refractivity contribution is -0.113. The highest BCUT2D eigenvalue weighted by Crippen LogP contribution is 2.30. The largest absolute Gasteiger partial charge is 0.324 e. The maximum Gasteiger partial charge on any atom is 0.234 e. The van der Waals surface area contributed by atoms with Crippen LogP contribution in [0.25, 0.3) is 0 Å². The number of amides is 1.